The van der Waals surface area contributed by atoms with E-state index >= 15 is 4.79 Å². The number of esters is 1. The number of rotatable bonds is 7. The summed E-state index contributed by atoms with van der Waals surface area (Å²) in [7, 11) is 1.96. The lowest BCUT2D eigenvalue weighted by molar-refractivity contribution is -0.357. The summed E-state index contributed by atoms with van der Waals surface area (Å²) in [6.07, 6.45) is 27.0. The molecule has 4 bridgehead atoms. The quantitative estimate of drug-likeness (QED) is 0.0794. The Morgan fingerprint density at radius 3 is 2.55 bits per heavy atom. The van der Waals surface area contributed by atoms with Crippen molar-refractivity contribution in [2.24, 2.45) is 87.3 Å². The Morgan fingerprint density at radius 2 is 1.74 bits per heavy atom. The summed E-state index contributed by atoms with van der Waals surface area (Å²) in [5.41, 5.74) is -2.47. The lowest BCUT2D eigenvalue weighted by Gasteiger charge is -2.74. The van der Waals surface area contributed by atoms with Crippen LogP contribution in [-0.4, -0.2) is 74.8 Å². The van der Waals surface area contributed by atoms with E-state index in [4.69, 9.17) is 9.47 Å². The third kappa shape index (κ3) is 6.47. The van der Waals surface area contributed by atoms with Crippen molar-refractivity contribution in [3.05, 3.63) is 107 Å². The fourth-order valence-corrected chi connectivity index (χ4v) is 22.0. The van der Waals surface area contributed by atoms with Gasteiger partial charge in [-0.15, -0.1) is 0 Å². The highest BCUT2D eigenvalue weighted by atomic mass is 16.5. The van der Waals surface area contributed by atoms with Crippen LogP contribution in [-0.2, 0) is 38.5 Å². The molecule has 0 unspecified atom stereocenters. The molecule has 0 aromatic heterocycles. The van der Waals surface area contributed by atoms with E-state index in [0.29, 0.717) is 75.5 Å². The average Bonchev–Trinajstić information content (AvgIpc) is 4.21. The van der Waals surface area contributed by atoms with Crippen LogP contribution in [0.5, 0.6) is 0 Å². The molecule has 9 heteroatoms. The average molecular weight is 1000 g/mol. The molecule has 392 valence electrons. The smallest absolute Gasteiger partial charge is 0.331 e. The molecule has 74 heavy (non-hydrogen) atoms. The first-order chi connectivity index (χ1) is 35.9. The zero-order valence-corrected chi connectivity index (χ0v) is 43.5. The molecule has 0 amide bonds. The predicted octanol–water partition coefficient (Wildman–Crippen LogP) is 9.13. The van der Waals surface area contributed by atoms with Crippen LogP contribution in [0, 0.1) is 99.1 Å². The van der Waals surface area contributed by atoms with Gasteiger partial charge in [0.2, 0.25) is 0 Å². The molecule has 2 aromatic carbocycles. The number of fused-ring (bicyclic) bond motifs is 8. The SMILES string of the molecule is CN[C@H]1Cc2c(cccc2CO)C#CCC[C@]23CC[C@H]4[C@@](O)(C[C@@H]5C[C@H]6[C@@H](C=CC[C@H]6C6CCCC6)C[C@@H]6[C@H]7OC=C[C@H]8C[C@H](CCc9ccccc9)C[C@]78C[C@@]4(C=O)[C@]56O)[C@@]2(O)C[C@@H]2C[C@@H]1[C@H]1OC(=O)C=C1[C@@H]23. The highest BCUT2D eigenvalue weighted by molar-refractivity contribution is 5.86. The topological polar surface area (TPSA) is 146 Å². The molecule has 20 atom stereocenters. The monoisotopic (exact) mass is 1000 g/mol. The summed E-state index contributed by atoms with van der Waals surface area (Å²) >= 11 is 0. The van der Waals surface area contributed by atoms with E-state index in [9.17, 15) is 25.2 Å². The molecule has 8 saturated carbocycles. The van der Waals surface area contributed by atoms with E-state index in [0.717, 1.165) is 60.8 Å². The summed E-state index contributed by atoms with van der Waals surface area (Å²) < 4.78 is 13.5. The second-order valence-corrected chi connectivity index (χ2v) is 26.8. The van der Waals surface area contributed by atoms with Crippen LogP contribution in [0.15, 0.2) is 84.7 Å². The van der Waals surface area contributed by atoms with Crippen LogP contribution >= 0.6 is 0 Å². The van der Waals surface area contributed by atoms with Gasteiger partial charge in [0.15, 0.2) is 0 Å². The van der Waals surface area contributed by atoms with Gasteiger partial charge in [-0.3, -0.25) is 0 Å². The van der Waals surface area contributed by atoms with Gasteiger partial charge >= 0.3 is 5.97 Å². The molecule has 0 radical (unpaired) electrons. The number of aliphatic hydroxyl groups excluding tert-OH is 1. The molecule has 0 saturated heterocycles. The number of nitrogens with one attached hydrogen (secondary N) is 1. The highest BCUT2D eigenvalue weighted by Crippen LogP contribution is 2.80. The minimum absolute atomic E-state index is 0.0767. The lowest BCUT2D eigenvalue weighted by Crippen LogP contribution is -2.82. The molecule has 5 N–H and O–H groups in total. The standard InChI is InChI=1S/C65H79NO8/c1-66-54-31-49-42(16-9-18-44(49)36-67)15-7-8-24-61-25-22-55-62(38-68)37-60-33-40(21-20-39-11-3-2-4-12-39)27-46(60)23-26-73-59(60)53-29-43-17-10-19-48(41-13-5-6-14-41)50(43)30-47(65(53,62)72)35-63(55,70)64(61,71)34-45-28-51(54)58-52(57(45)61)32-56(69)74-58/h2-4,9-12,16-18,23,26,32,38,40-41,43,45-48,50-51,53-55,57-59,66-67,70-72H,5-6,8,13-14,19-22,24-25,27-31,33-37H2,1H3/t40-,43-,45-,46-,47-,48-,50-,51-,53+,54-,55+,57+,58+,59+,60+,61+,62-,63-,64+,65-/m0/s1. The van der Waals surface area contributed by atoms with E-state index in [1.807, 2.05) is 31.5 Å². The van der Waals surface area contributed by atoms with Crippen molar-refractivity contribution in [3.63, 3.8) is 0 Å². The Morgan fingerprint density at radius 1 is 0.892 bits per heavy atom. The van der Waals surface area contributed by atoms with Gasteiger partial charge in [-0.05, 0) is 191 Å². The van der Waals surface area contributed by atoms with E-state index in [1.165, 1.54) is 37.5 Å². The molecule has 11 aliphatic carbocycles. The van der Waals surface area contributed by atoms with Crippen molar-refractivity contribution in [3.8, 4) is 11.8 Å². The predicted molar refractivity (Wildman–Crippen MR) is 280 cm³/mol. The number of ether oxygens (including phenoxy) is 2. The van der Waals surface area contributed by atoms with Crippen LogP contribution < -0.4 is 5.32 Å². The Labute approximate surface area is 438 Å². The van der Waals surface area contributed by atoms with E-state index < -0.39 is 51.0 Å². The summed E-state index contributed by atoms with van der Waals surface area (Å²) in [6.45, 7) is -0.102. The molecule has 15 rings (SSSR count). The van der Waals surface area contributed by atoms with Crippen molar-refractivity contribution >= 4 is 12.3 Å². The first kappa shape index (κ1) is 48.3. The lowest BCUT2D eigenvalue weighted by atomic mass is 9.33. The fourth-order valence-electron chi connectivity index (χ4n) is 22.0. The molecular formula is C65H79NO8. The van der Waals surface area contributed by atoms with Gasteiger partial charge < -0.3 is 40.0 Å². The maximum atomic E-state index is 15.4. The number of allylic oxidation sites excluding steroid dienone is 3. The van der Waals surface area contributed by atoms with Crippen LogP contribution in [0.4, 0.5) is 0 Å². The van der Waals surface area contributed by atoms with E-state index in [-0.39, 0.29) is 72.6 Å². The second-order valence-electron chi connectivity index (χ2n) is 26.8. The van der Waals surface area contributed by atoms with Gasteiger partial charge in [0.25, 0.3) is 0 Å². The van der Waals surface area contributed by atoms with Gasteiger partial charge in [-0.1, -0.05) is 92.1 Å². The first-order valence-electron chi connectivity index (χ1n) is 29.4. The van der Waals surface area contributed by atoms with Crippen molar-refractivity contribution in [2.75, 3.05) is 7.05 Å². The number of aldehydes is 1. The summed E-state index contributed by atoms with van der Waals surface area (Å²) in [5.74, 6) is 7.03. The molecule has 2 spiro atoms. The first-order valence-corrected chi connectivity index (χ1v) is 29.4. The van der Waals surface area contributed by atoms with Gasteiger partial charge in [0, 0.05) is 52.7 Å². The van der Waals surface area contributed by atoms with Crippen molar-refractivity contribution < 1.29 is 39.5 Å². The van der Waals surface area contributed by atoms with Gasteiger partial charge in [0.1, 0.15) is 24.1 Å². The number of benzene rings is 2. The normalized spacial score (nSPS) is 48.1. The zero-order valence-electron chi connectivity index (χ0n) is 43.5. The van der Waals surface area contributed by atoms with E-state index in [1.54, 1.807) is 6.08 Å². The van der Waals surface area contributed by atoms with Crippen molar-refractivity contribution in [2.45, 2.75) is 170 Å². The summed E-state index contributed by atoms with van der Waals surface area (Å²) in [4.78, 5) is 29.2. The Kier molecular flexibility index (Phi) is 11.4. The van der Waals surface area contributed by atoms with Gasteiger partial charge in [-0.25, -0.2) is 4.79 Å². The molecular weight excluding hydrogens is 923 g/mol. The van der Waals surface area contributed by atoms with Crippen LogP contribution in [0.2, 0.25) is 0 Å². The van der Waals surface area contributed by atoms with Gasteiger partial charge in [-0.2, -0.15) is 0 Å². The number of hydrogen-bond donors (Lipinski definition) is 5. The highest BCUT2D eigenvalue weighted by Gasteiger charge is 2.85. The fraction of sp³-hybridized carbons (Fsp3) is 0.662. The molecule has 8 fully saturated rings. The van der Waals surface area contributed by atoms with Crippen LogP contribution in [0.1, 0.15) is 138 Å². The Balaban J connectivity index is 0.930. The third-order valence-electron chi connectivity index (χ3n) is 24.5. The van der Waals surface area contributed by atoms with Crippen LogP contribution in [0.25, 0.3) is 0 Å². The molecule has 2 aromatic rings. The number of likely N-dealkylation sites (N-methyl/N-ethyl adjacent to an activating group) is 1. The maximum Gasteiger partial charge on any atom is 0.331 e. The number of hydrogen-bond acceptors (Lipinski definition) is 9. The molecule has 9 nitrogen and oxygen atoms in total. The molecule has 2 aliphatic heterocycles. The summed E-state index contributed by atoms with van der Waals surface area (Å²) in [5, 5.41) is 58.7. The van der Waals surface area contributed by atoms with Crippen molar-refractivity contribution in [1.29, 1.82) is 0 Å². The summed E-state index contributed by atoms with van der Waals surface area (Å²) in [6, 6.07) is 16.6. The van der Waals surface area contributed by atoms with Crippen LogP contribution in [0.3, 0.4) is 0 Å². The maximum absolute atomic E-state index is 15.4. The largest absolute Gasteiger partial charge is 0.497 e. The third-order valence-corrected chi connectivity index (χ3v) is 24.5. The second kappa shape index (κ2) is 17.5. The number of aliphatic hydroxyl groups is 4. The zero-order chi connectivity index (χ0) is 50.4. The molecule has 13 aliphatic rings. The number of carbonyl (C=O) groups is 2. The van der Waals surface area contributed by atoms with Gasteiger partial charge in [0.05, 0.1) is 29.5 Å². The minimum Gasteiger partial charge on any atom is -0.497 e. The van der Waals surface area contributed by atoms with E-state index in [2.05, 4.69) is 65.7 Å². The number of carbonyl (C=O) groups excluding carboxylic acids is 2. The molecule has 2 heterocycles. The Bertz CT molecular complexity index is 2730. The Hall–Kier alpha value is -4.04. The van der Waals surface area contributed by atoms with Crippen molar-refractivity contribution in [1.82, 2.24) is 5.32 Å². The minimum atomic E-state index is -1.72. The number of aryl methyl sites for hydroxylation is 1.